The summed E-state index contributed by atoms with van der Waals surface area (Å²) >= 11 is 0. The first-order valence-electron chi connectivity index (χ1n) is 9.29. The lowest BCUT2D eigenvalue weighted by atomic mass is 9.81. The number of alkyl carbamates (subject to hydrolysis) is 1. The molecule has 1 unspecified atom stereocenters. The van der Waals surface area contributed by atoms with Crippen molar-refractivity contribution in [3.05, 3.63) is 29.8 Å². The van der Waals surface area contributed by atoms with Crippen LogP contribution >= 0.6 is 0 Å². The summed E-state index contributed by atoms with van der Waals surface area (Å²) in [5, 5.41) is 2.77. The zero-order chi connectivity index (χ0) is 21.7. The molecule has 1 N–H and O–H groups in total. The number of halogens is 3. The smallest absolute Gasteiger partial charge is 0.408 e. The van der Waals surface area contributed by atoms with E-state index in [-0.39, 0.29) is 26.2 Å². The fourth-order valence-electron chi connectivity index (χ4n) is 3.05. The lowest BCUT2D eigenvalue weighted by Crippen LogP contribution is -2.52. The Morgan fingerprint density at radius 3 is 2.48 bits per heavy atom. The van der Waals surface area contributed by atoms with E-state index in [9.17, 15) is 22.8 Å². The van der Waals surface area contributed by atoms with Gasteiger partial charge in [-0.2, -0.15) is 13.2 Å². The van der Waals surface area contributed by atoms with Crippen molar-refractivity contribution in [2.24, 2.45) is 5.92 Å². The zero-order valence-electron chi connectivity index (χ0n) is 16.7. The fourth-order valence-corrected chi connectivity index (χ4v) is 3.05. The van der Waals surface area contributed by atoms with E-state index in [0.717, 1.165) is 6.29 Å². The average molecular weight is 417 g/mol. The molecule has 1 amide bonds. The number of rotatable bonds is 7. The number of carbonyl (C=O) groups excluding carboxylic acids is 2. The largest absolute Gasteiger partial charge is 0.494 e. The molecule has 9 heteroatoms. The molecule has 1 aromatic rings. The summed E-state index contributed by atoms with van der Waals surface area (Å²) in [4.78, 5) is 24.0. The van der Waals surface area contributed by atoms with Crippen molar-refractivity contribution in [1.29, 1.82) is 0 Å². The predicted octanol–water partition coefficient (Wildman–Crippen LogP) is 3.97. The maximum atomic E-state index is 12.4. The van der Waals surface area contributed by atoms with Crippen LogP contribution in [0, 0.1) is 5.92 Å². The molecule has 0 spiro atoms. The summed E-state index contributed by atoms with van der Waals surface area (Å²) in [6.07, 6.45) is -5.21. The summed E-state index contributed by atoms with van der Waals surface area (Å²) in [5.41, 5.74) is -1.20. The number of ether oxygens (including phenoxy) is 3. The Morgan fingerprint density at radius 1 is 1.28 bits per heavy atom. The van der Waals surface area contributed by atoms with Crippen LogP contribution in [0.5, 0.6) is 5.75 Å². The molecule has 0 aromatic heterocycles. The third-order valence-corrected chi connectivity index (χ3v) is 4.39. The molecule has 2 rings (SSSR count). The van der Waals surface area contributed by atoms with Gasteiger partial charge in [-0.1, -0.05) is 12.1 Å². The summed E-state index contributed by atoms with van der Waals surface area (Å²) in [7, 11) is 0. The molecule has 29 heavy (non-hydrogen) atoms. The van der Waals surface area contributed by atoms with Gasteiger partial charge in [0, 0.05) is 6.42 Å². The highest BCUT2D eigenvalue weighted by Gasteiger charge is 2.47. The van der Waals surface area contributed by atoms with Gasteiger partial charge in [0.25, 0.3) is 0 Å². The van der Waals surface area contributed by atoms with Gasteiger partial charge in [-0.05, 0) is 44.9 Å². The number of carbonyl (C=O) groups is 2. The molecular formula is C20H26F3NO5. The molecule has 1 aliphatic heterocycles. The number of alkyl halides is 3. The Hall–Kier alpha value is -2.29. The lowest BCUT2D eigenvalue weighted by Gasteiger charge is -2.34. The Bertz CT molecular complexity index is 700. The molecule has 1 aromatic carbocycles. The third kappa shape index (κ3) is 6.62. The molecule has 6 nitrogen and oxygen atoms in total. The van der Waals surface area contributed by atoms with Crippen LogP contribution in [0.3, 0.4) is 0 Å². The van der Waals surface area contributed by atoms with E-state index >= 15 is 0 Å². The van der Waals surface area contributed by atoms with Crippen LogP contribution in [0.15, 0.2) is 24.3 Å². The number of hydrogen-bond donors (Lipinski definition) is 1. The second-order valence-electron chi connectivity index (χ2n) is 7.95. The molecular weight excluding hydrogens is 391 g/mol. The van der Waals surface area contributed by atoms with Gasteiger partial charge in [0.2, 0.25) is 0 Å². The number of nitrogens with one attached hydrogen (secondary N) is 1. The highest BCUT2D eigenvalue weighted by molar-refractivity contribution is 5.71. The van der Waals surface area contributed by atoms with Crippen molar-refractivity contribution >= 4 is 12.4 Å². The van der Waals surface area contributed by atoms with Gasteiger partial charge in [0.05, 0.1) is 25.7 Å². The highest BCUT2D eigenvalue weighted by Crippen LogP contribution is 2.36. The van der Waals surface area contributed by atoms with Crippen LogP contribution in [0.4, 0.5) is 18.0 Å². The van der Waals surface area contributed by atoms with Crippen LogP contribution in [-0.4, -0.2) is 44.0 Å². The third-order valence-electron chi connectivity index (χ3n) is 4.39. The molecule has 2 atom stereocenters. The van der Waals surface area contributed by atoms with Gasteiger partial charge in [-0.25, -0.2) is 4.79 Å². The van der Waals surface area contributed by atoms with Crippen molar-refractivity contribution in [2.75, 3.05) is 19.8 Å². The lowest BCUT2D eigenvalue weighted by molar-refractivity contribution is -0.136. The fraction of sp³-hybridized carbons (Fsp3) is 0.600. The number of benzene rings is 1. The summed E-state index contributed by atoms with van der Waals surface area (Å²) in [5.74, 6) is -0.224. The first-order valence-corrected chi connectivity index (χ1v) is 9.29. The van der Waals surface area contributed by atoms with Gasteiger partial charge >= 0.3 is 12.3 Å². The molecule has 0 saturated carbocycles. The second-order valence-corrected chi connectivity index (χ2v) is 7.95. The molecule has 1 saturated heterocycles. The van der Waals surface area contributed by atoms with Crippen molar-refractivity contribution in [1.82, 2.24) is 5.32 Å². The Labute approximate surface area is 167 Å². The van der Waals surface area contributed by atoms with E-state index < -0.39 is 35.7 Å². The summed E-state index contributed by atoms with van der Waals surface area (Å²) in [6, 6.07) is 6.48. The maximum Gasteiger partial charge on any atom is 0.408 e. The van der Waals surface area contributed by atoms with E-state index in [1.807, 2.05) is 0 Å². The van der Waals surface area contributed by atoms with Crippen LogP contribution in [-0.2, 0) is 19.8 Å². The standard InChI is InChI=1S/C20H26F3NO5/c1-18(2,3)29-17(26)24-19(13-27-12-15(19)11-25)14-5-7-16(8-6-14)28-10-4-9-20(21,22)23/h5-8,11,15H,4,9-10,12-13H2,1-3H3,(H,24,26)/t15-,19?/m1/s1. The maximum absolute atomic E-state index is 12.4. The average Bonchev–Trinajstić information content (AvgIpc) is 3.00. The van der Waals surface area contributed by atoms with E-state index in [4.69, 9.17) is 14.2 Å². The van der Waals surface area contributed by atoms with Crippen molar-refractivity contribution < 1.29 is 37.0 Å². The summed E-state index contributed by atoms with van der Waals surface area (Å²) in [6.45, 7) is 5.35. The van der Waals surface area contributed by atoms with Crippen LogP contribution in [0.1, 0.15) is 39.2 Å². The van der Waals surface area contributed by atoms with Crippen molar-refractivity contribution in [2.45, 2.75) is 50.9 Å². The molecule has 0 aliphatic carbocycles. The Kier molecular flexibility index (Phi) is 7.15. The topological polar surface area (TPSA) is 73.9 Å². The molecule has 1 aliphatic rings. The van der Waals surface area contributed by atoms with Crippen LogP contribution < -0.4 is 10.1 Å². The number of hydrogen-bond acceptors (Lipinski definition) is 5. The minimum atomic E-state index is -4.21. The quantitative estimate of drug-likeness (QED) is 0.537. The first-order chi connectivity index (χ1) is 13.5. The van der Waals surface area contributed by atoms with E-state index in [2.05, 4.69) is 5.32 Å². The number of aldehydes is 1. The zero-order valence-corrected chi connectivity index (χ0v) is 16.7. The first kappa shape index (κ1) is 23.0. The van der Waals surface area contributed by atoms with Gasteiger partial charge < -0.3 is 24.3 Å². The van der Waals surface area contributed by atoms with Crippen LogP contribution in [0.25, 0.3) is 0 Å². The van der Waals surface area contributed by atoms with Gasteiger partial charge in [0.15, 0.2) is 0 Å². The van der Waals surface area contributed by atoms with E-state index in [1.165, 1.54) is 0 Å². The predicted molar refractivity (Wildman–Crippen MR) is 98.6 cm³/mol. The van der Waals surface area contributed by atoms with Gasteiger partial charge in [0.1, 0.15) is 23.2 Å². The van der Waals surface area contributed by atoms with Gasteiger partial charge in [-0.3, -0.25) is 0 Å². The molecule has 1 fully saturated rings. The summed E-state index contributed by atoms with van der Waals surface area (Å²) < 4.78 is 52.7. The Balaban J connectivity index is 2.11. The van der Waals surface area contributed by atoms with Crippen molar-refractivity contribution in [3.63, 3.8) is 0 Å². The van der Waals surface area contributed by atoms with Crippen molar-refractivity contribution in [3.8, 4) is 5.75 Å². The van der Waals surface area contributed by atoms with E-state index in [1.54, 1.807) is 45.0 Å². The second kappa shape index (κ2) is 9.02. The minimum Gasteiger partial charge on any atom is -0.494 e. The normalized spacial score (nSPS) is 22.2. The molecule has 162 valence electrons. The van der Waals surface area contributed by atoms with E-state index in [0.29, 0.717) is 11.3 Å². The number of amides is 1. The molecule has 1 heterocycles. The molecule has 0 bridgehead atoms. The molecule has 0 radical (unpaired) electrons. The SMILES string of the molecule is CC(C)(C)OC(=O)NC1(c2ccc(OCCCC(F)(F)F)cc2)COC[C@H]1C=O. The monoisotopic (exact) mass is 417 g/mol. The van der Waals surface area contributed by atoms with Gasteiger partial charge in [-0.15, -0.1) is 0 Å². The Morgan fingerprint density at radius 2 is 1.93 bits per heavy atom. The minimum absolute atomic E-state index is 0.0692. The highest BCUT2D eigenvalue weighted by atomic mass is 19.4. The van der Waals surface area contributed by atoms with Crippen LogP contribution in [0.2, 0.25) is 0 Å².